The molecule has 0 radical (unpaired) electrons. The summed E-state index contributed by atoms with van der Waals surface area (Å²) in [5.41, 5.74) is 0.782. The van der Waals surface area contributed by atoms with E-state index in [9.17, 15) is 9.59 Å². The van der Waals surface area contributed by atoms with E-state index in [0.717, 1.165) is 5.69 Å². The van der Waals surface area contributed by atoms with Crippen molar-refractivity contribution in [2.24, 2.45) is 5.92 Å². The Morgan fingerprint density at radius 1 is 1.30 bits per heavy atom. The Morgan fingerprint density at radius 2 is 1.95 bits per heavy atom. The number of benzene rings is 1. The van der Waals surface area contributed by atoms with Gasteiger partial charge in [0.05, 0.1) is 0 Å². The maximum absolute atomic E-state index is 12.6. The van der Waals surface area contributed by atoms with Crippen LogP contribution in [-0.4, -0.2) is 24.4 Å². The van der Waals surface area contributed by atoms with Crippen LogP contribution in [0.5, 0.6) is 0 Å². The zero-order valence-electron chi connectivity index (χ0n) is 11.7. The molecule has 2 rings (SSSR count). The van der Waals surface area contributed by atoms with Crippen molar-refractivity contribution in [3.05, 3.63) is 29.3 Å². The van der Waals surface area contributed by atoms with Gasteiger partial charge in [0, 0.05) is 23.7 Å². The summed E-state index contributed by atoms with van der Waals surface area (Å²) in [6, 6.07) is 6.68. The molecule has 0 aromatic heterocycles. The summed E-state index contributed by atoms with van der Waals surface area (Å²) < 4.78 is 0. The molecule has 1 atom stereocenters. The second-order valence-electron chi connectivity index (χ2n) is 5.47. The standard InChI is InChI=1S/C15H19ClN2O2/c1-10(2)9-13-15(20)18(8-7-14(19)17-13)12-5-3-11(16)4-6-12/h3-6,10,13H,7-9H2,1-2H3,(H,17,19). The van der Waals surface area contributed by atoms with E-state index < -0.39 is 6.04 Å². The second kappa shape index (κ2) is 6.27. The molecule has 1 aliphatic heterocycles. The van der Waals surface area contributed by atoms with Crippen molar-refractivity contribution < 1.29 is 9.59 Å². The molecule has 0 bridgehead atoms. The molecule has 1 unspecified atom stereocenters. The van der Waals surface area contributed by atoms with Crippen LogP contribution in [0, 0.1) is 5.92 Å². The van der Waals surface area contributed by atoms with Crippen molar-refractivity contribution in [2.75, 3.05) is 11.4 Å². The smallest absolute Gasteiger partial charge is 0.249 e. The summed E-state index contributed by atoms with van der Waals surface area (Å²) in [5.74, 6) is 0.224. The number of amides is 2. The average Bonchev–Trinajstić information content (AvgIpc) is 2.51. The number of hydrogen-bond donors (Lipinski definition) is 1. The normalized spacial score (nSPS) is 20.0. The van der Waals surface area contributed by atoms with E-state index in [1.807, 2.05) is 26.0 Å². The quantitative estimate of drug-likeness (QED) is 0.931. The molecule has 1 saturated heterocycles. The van der Waals surface area contributed by atoms with Gasteiger partial charge in [-0.3, -0.25) is 9.59 Å². The van der Waals surface area contributed by atoms with Crippen molar-refractivity contribution in [3.63, 3.8) is 0 Å². The molecule has 1 aromatic carbocycles. The van der Waals surface area contributed by atoms with Gasteiger partial charge in [-0.1, -0.05) is 25.4 Å². The van der Waals surface area contributed by atoms with E-state index in [1.165, 1.54) is 0 Å². The summed E-state index contributed by atoms with van der Waals surface area (Å²) in [6.07, 6.45) is 0.970. The molecule has 1 heterocycles. The first-order valence-electron chi connectivity index (χ1n) is 6.83. The highest BCUT2D eigenvalue weighted by molar-refractivity contribution is 6.30. The minimum absolute atomic E-state index is 0.0492. The molecule has 1 N–H and O–H groups in total. The first kappa shape index (κ1) is 14.9. The molecular formula is C15H19ClN2O2. The highest BCUT2D eigenvalue weighted by atomic mass is 35.5. The molecule has 20 heavy (non-hydrogen) atoms. The lowest BCUT2D eigenvalue weighted by Gasteiger charge is -2.25. The molecule has 0 saturated carbocycles. The lowest BCUT2D eigenvalue weighted by Crippen LogP contribution is -2.45. The fourth-order valence-electron chi connectivity index (χ4n) is 2.35. The van der Waals surface area contributed by atoms with Crippen molar-refractivity contribution in [2.45, 2.75) is 32.7 Å². The van der Waals surface area contributed by atoms with Gasteiger partial charge in [0.25, 0.3) is 0 Å². The van der Waals surface area contributed by atoms with Gasteiger partial charge in [-0.2, -0.15) is 0 Å². The molecule has 0 spiro atoms. The SMILES string of the molecule is CC(C)CC1NC(=O)CCN(c2ccc(Cl)cc2)C1=O. The van der Waals surface area contributed by atoms with Crippen LogP contribution < -0.4 is 10.2 Å². The molecule has 108 valence electrons. The largest absolute Gasteiger partial charge is 0.344 e. The minimum Gasteiger partial charge on any atom is -0.344 e. The highest BCUT2D eigenvalue weighted by Gasteiger charge is 2.30. The molecule has 5 heteroatoms. The topological polar surface area (TPSA) is 49.4 Å². The van der Waals surface area contributed by atoms with E-state index in [4.69, 9.17) is 11.6 Å². The first-order chi connectivity index (χ1) is 9.47. The Kier molecular flexibility index (Phi) is 4.65. The predicted molar refractivity (Wildman–Crippen MR) is 79.8 cm³/mol. The summed E-state index contributed by atoms with van der Waals surface area (Å²) in [7, 11) is 0. The van der Waals surface area contributed by atoms with Gasteiger partial charge < -0.3 is 10.2 Å². The molecular weight excluding hydrogens is 276 g/mol. The number of halogens is 1. The maximum atomic E-state index is 12.6. The summed E-state index contributed by atoms with van der Waals surface area (Å²) >= 11 is 5.87. The third-order valence-corrected chi connectivity index (χ3v) is 3.56. The van der Waals surface area contributed by atoms with Crippen molar-refractivity contribution in [1.82, 2.24) is 5.32 Å². The third-order valence-electron chi connectivity index (χ3n) is 3.31. The van der Waals surface area contributed by atoms with E-state index in [-0.39, 0.29) is 11.8 Å². The van der Waals surface area contributed by atoms with E-state index >= 15 is 0 Å². The zero-order valence-corrected chi connectivity index (χ0v) is 12.5. The summed E-state index contributed by atoms with van der Waals surface area (Å²) in [4.78, 5) is 26.0. The van der Waals surface area contributed by atoms with Crippen molar-refractivity contribution in [1.29, 1.82) is 0 Å². The molecule has 2 amide bonds. The summed E-state index contributed by atoms with van der Waals surface area (Å²) in [6.45, 7) is 4.48. The van der Waals surface area contributed by atoms with Crippen molar-refractivity contribution in [3.8, 4) is 0 Å². The molecule has 1 aliphatic rings. The molecule has 0 aliphatic carbocycles. The molecule has 1 fully saturated rings. The van der Waals surface area contributed by atoms with Crippen molar-refractivity contribution >= 4 is 29.1 Å². The van der Waals surface area contributed by atoms with Crippen LogP contribution in [0.3, 0.4) is 0 Å². The van der Waals surface area contributed by atoms with Gasteiger partial charge in [0.2, 0.25) is 11.8 Å². The van der Waals surface area contributed by atoms with Crippen LogP contribution in [0.25, 0.3) is 0 Å². The van der Waals surface area contributed by atoms with Gasteiger partial charge in [-0.05, 0) is 36.6 Å². The Hall–Kier alpha value is -1.55. The monoisotopic (exact) mass is 294 g/mol. The molecule has 4 nitrogen and oxygen atoms in total. The van der Waals surface area contributed by atoms with E-state index in [1.54, 1.807) is 17.0 Å². The molecule has 1 aromatic rings. The number of anilines is 1. The van der Waals surface area contributed by atoms with Crippen LogP contribution >= 0.6 is 11.6 Å². The second-order valence-corrected chi connectivity index (χ2v) is 5.90. The van der Waals surface area contributed by atoms with Gasteiger partial charge in [-0.25, -0.2) is 0 Å². The third kappa shape index (κ3) is 3.51. The summed E-state index contributed by atoms with van der Waals surface area (Å²) in [5, 5.41) is 3.44. The zero-order chi connectivity index (χ0) is 14.7. The van der Waals surface area contributed by atoms with E-state index in [0.29, 0.717) is 30.3 Å². The fraction of sp³-hybridized carbons (Fsp3) is 0.467. The van der Waals surface area contributed by atoms with Crippen LogP contribution in [0.4, 0.5) is 5.69 Å². The maximum Gasteiger partial charge on any atom is 0.249 e. The van der Waals surface area contributed by atoms with Gasteiger partial charge >= 0.3 is 0 Å². The fourth-order valence-corrected chi connectivity index (χ4v) is 2.47. The number of carbonyl (C=O) groups excluding carboxylic acids is 2. The Bertz CT molecular complexity index is 499. The highest BCUT2D eigenvalue weighted by Crippen LogP contribution is 2.21. The van der Waals surface area contributed by atoms with Crippen LogP contribution in [-0.2, 0) is 9.59 Å². The lowest BCUT2D eigenvalue weighted by molar-refractivity contribution is -0.125. The number of carbonyl (C=O) groups is 2. The number of rotatable bonds is 3. The lowest BCUT2D eigenvalue weighted by atomic mass is 10.0. The first-order valence-corrected chi connectivity index (χ1v) is 7.21. The average molecular weight is 295 g/mol. The van der Waals surface area contributed by atoms with Gasteiger partial charge in [0.1, 0.15) is 6.04 Å². The van der Waals surface area contributed by atoms with Crippen LogP contribution in [0.2, 0.25) is 5.02 Å². The number of nitrogens with one attached hydrogen (secondary N) is 1. The van der Waals surface area contributed by atoms with Gasteiger partial charge in [0.15, 0.2) is 0 Å². The number of hydrogen-bond acceptors (Lipinski definition) is 2. The Labute approximate surface area is 124 Å². The minimum atomic E-state index is -0.444. The van der Waals surface area contributed by atoms with E-state index in [2.05, 4.69) is 5.32 Å². The van der Waals surface area contributed by atoms with Crippen LogP contribution in [0.15, 0.2) is 24.3 Å². The van der Waals surface area contributed by atoms with Gasteiger partial charge in [-0.15, -0.1) is 0 Å². The Morgan fingerprint density at radius 3 is 2.55 bits per heavy atom. The van der Waals surface area contributed by atoms with Crippen LogP contribution in [0.1, 0.15) is 26.7 Å². The number of nitrogens with zero attached hydrogens (tertiary/aromatic N) is 1. The Balaban J connectivity index is 2.25. The predicted octanol–water partition coefficient (Wildman–Crippen LogP) is 2.61.